The third-order valence-electron chi connectivity index (χ3n) is 8.78. The van der Waals surface area contributed by atoms with Gasteiger partial charge in [-0.15, -0.1) is 11.3 Å². The molecule has 0 amide bonds. The molecule has 0 N–H and O–H groups in total. The van der Waals surface area contributed by atoms with Gasteiger partial charge in [0.25, 0.3) is 0 Å². The minimum atomic E-state index is 0.652. The molecule has 4 heteroatoms. The molecule has 47 heavy (non-hydrogen) atoms. The number of thiophene rings is 1. The van der Waals surface area contributed by atoms with Crippen molar-refractivity contribution in [2.24, 2.45) is 0 Å². The highest BCUT2D eigenvalue weighted by Gasteiger charge is 2.18. The molecule has 220 valence electrons. The van der Waals surface area contributed by atoms with Crippen LogP contribution in [0.15, 0.2) is 164 Å². The predicted octanol–water partition coefficient (Wildman–Crippen LogP) is 11.7. The lowest BCUT2D eigenvalue weighted by molar-refractivity contribution is 1.08. The highest BCUT2D eigenvalue weighted by Crippen LogP contribution is 2.40. The van der Waals surface area contributed by atoms with Gasteiger partial charge in [0.1, 0.15) is 0 Å². The van der Waals surface area contributed by atoms with Crippen molar-refractivity contribution in [1.82, 2.24) is 15.0 Å². The average Bonchev–Trinajstić information content (AvgIpc) is 3.54. The maximum atomic E-state index is 5.22. The number of hydrogen-bond donors (Lipinski definition) is 0. The Labute approximate surface area is 276 Å². The Kier molecular flexibility index (Phi) is 6.65. The van der Waals surface area contributed by atoms with Crippen LogP contribution in [-0.4, -0.2) is 15.0 Å². The van der Waals surface area contributed by atoms with Crippen LogP contribution in [0.1, 0.15) is 0 Å². The molecule has 0 bridgehead atoms. The van der Waals surface area contributed by atoms with Gasteiger partial charge in [-0.1, -0.05) is 146 Å². The lowest BCUT2D eigenvalue weighted by Gasteiger charge is -2.13. The van der Waals surface area contributed by atoms with Crippen molar-refractivity contribution in [2.75, 3.05) is 0 Å². The summed E-state index contributed by atoms with van der Waals surface area (Å²) >= 11 is 1.79. The van der Waals surface area contributed by atoms with Crippen LogP contribution in [0.4, 0.5) is 0 Å². The van der Waals surface area contributed by atoms with Gasteiger partial charge in [0.15, 0.2) is 17.5 Å². The van der Waals surface area contributed by atoms with Crippen LogP contribution in [-0.2, 0) is 0 Å². The largest absolute Gasteiger partial charge is 0.208 e. The fourth-order valence-corrected chi connectivity index (χ4v) is 7.69. The summed E-state index contributed by atoms with van der Waals surface area (Å²) in [5.74, 6) is 1.98. The minimum absolute atomic E-state index is 0.652. The molecule has 0 atom stereocenters. The van der Waals surface area contributed by atoms with Crippen LogP contribution in [0, 0.1) is 0 Å². The van der Waals surface area contributed by atoms with Gasteiger partial charge >= 0.3 is 0 Å². The molecule has 2 heterocycles. The zero-order valence-corrected chi connectivity index (χ0v) is 26.2. The van der Waals surface area contributed by atoms with Crippen LogP contribution in [0.2, 0.25) is 0 Å². The molecule has 0 aliphatic rings. The molecule has 0 aliphatic heterocycles. The first-order chi connectivity index (χ1) is 23.3. The molecule has 0 saturated carbocycles. The summed E-state index contributed by atoms with van der Waals surface area (Å²) in [5, 5.41) is 4.74. The smallest absolute Gasteiger partial charge is 0.165 e. The summed E-state index contributed by atoms with van der Waals surface area (Å²) in [5.41, 5.74) is 7.64. The Morgan fingerprint density at radius 3 is 1.55 bits per heavy atom. The van der Waals surface area contributed by atoms with E-state index in [1.807, 2.05) is 6.07 Å². The summed E-state index contributed by atoms with van der Waals surface area (Å²) in [7, 11) is 0. The van der Waals surface area contributed by atoms with Crippen molar-refractivity contribution in [3.05, 3.63) is 164 Å². The molecule has 2 aromatic heterocycles. The number of hydrogen-bond acceptors (Lipinski definition) is 4. The molecule has 9 rings (SSSR count). The third kappa shape index (κ3) is 4.87. The molecule has 0 saturated heterocycles. The first kappa shape index (κ1) is 27.3. The standard InChI is InChI=1S/C43H27N3S/c1-3-12-28(13-4-1)29-22-24-31(25-23-29)41-44-42(37-27-26-32(30-14-5-2-6-15-30)33-16-7-8-17-34(33)37)46-43(45-41)38-20-11-19-36-35-18-9-10-21-39(35)47-40(36)38/h1-27H. The Balaban J connectivity index is 1.27. The van der Waals surface area contributed by atoms with E-state index in [-0.39, 0.29) is 0 Å². The zero-order chi connectivity index (χ0) is 31.2. The first-order valence-corrected chi connectivity index (χ1v) is 16.5. The average molecular weight is 618 g/mol. The summed E-state index contributed by atoms with van der Waals surface area (Å²) in [6.07, 6.45) is 0. The Hall–Kier alpha value is -5.97. The van der Waals surface area contributed by atoms with Crippen LogP contribution in [0.5, 0.6) is 0 Å². The molecule has 0 spiro atoms. The van der Waals surface area contributed by atoms with Gasteiger partial charge in [0.2, 0.25) is 0 Å². The summed E-state index contributed by atoms with van der Waals surface area (Å²) in [6, 6.07) is 57.4. The zero-order valence-electron chi connectivity index (χ0n) is 25.3. The van der Waals surface area contributed by atoms with Crippen molar-refractivity contribution in [2.45, 2.75) is 0 Å². The predicted molar refractivity (Wildman–Crippen MR) is 197 cm³/mol. The van der Waals surface area contributed by atoms with E-state index in [2.05, 4.69) is 158 Å². The summed E-state index contributed by atoms with van der Waals surface area (Å²) < 4.78 is 2.43. The second kappa shape index (κ2) is 11.4. The quantitative estimate of drug-likeness (QED) is 0.193. The number of rotatable bonds is 5. The number of fused-ring (bicyclic) bond motifs is 4. The fourth-order valence-electron chi connectivity index (χ4n) is 6.48. The maximum absolute atomic E-state index is 5.22. The van der Waals surface area contributed by atoms with Crippen molar-refractivity contribution in [3.63, 3.8) is 0 Å². The molecule has 0 unspecified atom stereocenters. The van der Waals surface area contributed by atoms with Gasteiger partial charge in [-0.2, -0.15) is 0 Å². The van der Waals surface area contributed by atoms with Gasteiger partial charge in [-0.3, -0.25) is 0 Å². The van der Waals surface area contributed by atoms with Crippen LogP contribution in [0.25, 0.3) is 87.4 Å². The first-order valence-electron chi connectivity index (χ1n) is 15.7. The highest BCUT2D eigenvalue weighted by molar-refractivity contribution is 7.26. The van der Waals surface area contributed by atoms with Gasteiger partial charge in [0.05, 0.1) is 0 Å². The highest BCUT2D eigenvalue weighted by atomic mass is 32.1. The normalized spacial score (nSPS) is 11.4. The van der Waals surface area contributed by atoms with Crippen molar-refractivity contribution >= 4 is 42.3 Å². The van der Waals surface area contributed by atoms with E-state index < -0.39 is 0 Å². The minimum Gasteiger partial charge on any atom is -0.208 e. The van der Waals surface area contributed by atoms with E-state index in [4.69, 9.17) is 15.0 Å². The molecular weight excluding hydrogens is 591 g/mol. The SMILES string of the molecule is c1ccc(-c2ccc(-c3nc(-c4ccc(-c5ccccc5)c5ccccc45)nc(-c4cccc5c4sc4ccccc45)n3)cc2)cc1. The lowest BCUT2D eigenvalue weighted by Crippen LogP contribution is -2.01. The molecule has 9 aromatic rings. The maximum Gasteiger partial charge on any atom is 0.165 e. The van der Waals surface area contributed by atoms with E-state index >= 15 is 0 Å². The summed E-state index contributed by atoms with van der Waals surface area (Å²) in [6.45, 7) is 0. The number of nitrogens with zero attached hydrogens (tertiary/aromatic N) is 3. The van der Waals surface area contributed by atoms with Gasteiger partial charge < -0.3 is 0 Å². The van der Waals surface area contributed by atoms with Crippen molar-refractivity contribution in [3.8, 4) is 56.4 Å². The lowest BCUT2D eigenvalue weighted by atomic mass is 9.94. The van der Waals surface area contributed by atoms with E-state index in [0.717, 1.165) is 27.6 Å². The van der Waals surface area contributed by atoms with E-state index in [0.29, 0.717) is 17.5 Å². The molecular formula is C43H27N3S. The van der Waals surface area contributed by atoms with E-state index in [9.17, 15) is 0 Å². The van der Waals surface area contributed by atoms with Gasteiger partial charge in [0, 0.05) is 36.9 Å². The van der Waals surface area contributed by atoms with Crippen molar-refractivity contribution in [1.29, 1.82) is 0 Å². The topological polar surface area (TPSA) is 38.7 Å². The Morgan fingerprint density at radius 1 is 0.298 bits per heavy atom. The van der Waals surface area contributed by atoms with Gasteiger partial charge in [-0.25, -0.2) is 15.0 Å². The molecule has 0 aliphatic carbocycles. The summed E-state index contributed by atoms with van der Waals surface area (Å²) in [4.78, 5) is 15.5. The monoisotopic (exact) mass is 617 g/mol. The van der Waals surface area contributed by atoms with Crippen LogP contribution < -0.4 is 0 Å². The molecule has 7 aromatic carbocycles. The number of aromatic nitrogens is 3. The van der Waals surface area contributed by atoms with Gasteiger partial charge in [-0.05, 0) is 51.2 Å². The molecule has 3 nitrogen and oxygen atoms in total. The van der Waals surface area contributed by atoms with E-state index in [1.165, 1.54) is 42.2 Å². The molecule has 0 radical (unpaired) electrons. The Morgan fingerprint density at radius 2 is 0.809 bits per heavy atom. The second-order valence-electron chi connectivity index (χ2n) is 11.6. The van der Waals surface area contributed by atoms with Crippen molar-refractivity contribution < 1.29 is 0 Å². The second-order valence-corrected chi connectivity index (χ2v) is 12.7. The van der Waals surface area contributed by atoms with Crippen LogP contribution >= 0.6 is 11.3 Å². The van der Waals surface area contributed by atoms with Crippen LogP contribution in [0.3, 0.4) is 0 Å². The third-order valence-corrected chi connectivity index (χ3v) is 10.0. The fraction of sp³-hybridized carbons (Fsp3) is 0. The van der Waals surface area contributed by atoms with E-state index in [1.54, 1.807) is 11.3 Å². The molecule has 0 fully saturated rings. The number of benzene rings is 7. The Bertz CT molecular complexity index is 2550.